The van der Waals surface area contributed by atoms with Crippen LogP contribution >= 0.6 is 0 Å². The summed E-state index contributed by atoms with van der Waals surface area (Å²) in [5, 5.41) is 3.70. The molecule has 2 aliphatic carbocycles. The van der Waals surface area contributed by atoms with Gasteiger partial charge >= 0.3 is 0 Å². The van der Waals surface area contributed by atoms with E-state index in [0.717, 1.165) is 11.8 Å². The maximum atomic E-state index is 11.0. The lowest BCUT2D eigenvalue weighted by molar-refractivity contribution is -0.118. The van der Waals surface area contributed by atoms with Crippen molar-refractivity contribution < 1.29 is 4.79 Å². The van der Waals surface area contributed by atoms with Crippen molar-refractivity contribution in [1.82, 2.24) is 5.32 Å². The molecule has 3 nitrogen and oxygen atoms in total. The zero-order valence-corrected chi connectivity index (χ0v) is 12.4. The van der Waals surface area contributed by atoms with Gasteiger partial charge in [0.1, 0.15) is 0 Å². The lowest BCUT2D eigenvalue weighted by Gasteiger charge is -2.40. The van der Waals surface area contributed by atoms with E-state index in [4.69, 9.17) is 5.73 Å². The lowest BCUT2D eigenvalue weighted by atomic mass is 9.71. The third-order valence-corrected chi connectivity index (χ3v) is 5.08. The lowest BCUT2D eigenvalue weighted by Crippen LogP contribution is -2.47. The van der Waals surface area contributed by atoms with Crippen LogP contribution in [0.4, 0.5) is 0 Å². The smallest absolute Gasteiger partial charge is 0.218 e. The Morgan fingerprint density at radius 3 is 2.42 bits per heavy atom. The summed E-state index contributed by atoms with van der Waals surface area (Å²) in [6.07, 6.45) is 13.0. The summed E-state index contributed by atoms with van der Waals surface area (Å²) in [5.74, 6) is 1.57. The van der Waals surface area contributed by atoms with Gasteiger partial charge in [0.15, 0.2) is 0 Å². The first kappa shape index (κ1) is 14.8. The van der Waals surface area contributed by atoms with Crippen molar-refractivity contribution in [2.24, 2.45) is 17.6 Å². The average Bonchev–Trinajstić information content (AvgIpc) is 2.39. The second-order valence-corrected chi connectivity index (χ2v) is 6.69. The molecular formula is C16H30N2O. The molecule has 2 aliphatic rings. The molecule has 3 N–H and O–H groups in total. The number of nitrogens with one attached hydrogen (secondary N) is 1. The van der Waals surface area contributed by atoms with Gasteiger partial charge < -0.3 is 11.1 Å². The van der Waals surface area contributed by atoms with E-state index < -0.39 is 0 Å². The summed E-state index contributed by atoms with van der Waals surface area (Å²) in [7, 11) is 0. The zero-order valence-electron chi connectivity index (χ0n) is 12.4. The van der Waals surface area contributed by atoms with Crippen molar-refractivity contribution in [1.29, 1.82) is 0 Å². The van der Waals surface area contributed by atoms with Crippen LogP contribution in [0.3, 0.4) is 0 Å². The molecule has 0 bridgehead atoms. The monoisotopic (exact) mass is 266 g/mol. The number of nitrogens with two attached hydrogens (primary N) is 1. The Kier molecular flexibility index (Phi) is 5.68. The van der Waals surface area contributed by atoms with Crippen molar-refractivity contribution in [2.45, 2.75) is 83.2 Å². The standard InChI is InChI=1S/C16H30N2O/c1-12(11-16(17)19)18-15-10-6-5-9-14(15)13-7-3-2-4-8-13/h12-15,18H,2-11H2,1H3,(H2,17,19). The van der Waals surface area contributed by atoms with Gasteiger partial charge in [-0.15, -0.1) is 0 Å². The van der Waals surface area contributed by atoms with E-state index in [1.54, 1.807) is 0 Å². The molecule has 2 rings (SSSR count). The first-order chi connectivity index (χ1) is 9.16. The van der Waals surface area contributed by atoms with E-state index in [1.807, 2.05) is 0 Å². The molecular weight excluding hydrogens is 236 g/mol. The summed E-state index contributed by atoms with van der Waals surface area (Å²) in [5.41, 5.74) is 5.30. The molecule has 0 aliphatic heterocycles. The van der Waals surface area contributed by atoms with Crippen LogP contribution in [-0.2, 0) is 4.79 Å². The molecule has 0 saturated heterocycles. The summed E-state index contributed by atoms with van der Waals surface area (Å²) in [6, 6.07) is 0.845. The highest BCUT2D eigenvalue weighted by atomic mass is 16.1. The Balaban J connectivity index is 1.89. The van der Waals surface area contributed by atoms with Crippen LogP contribution in [0.5, 0.6) is 0 Å². The molecule has 0 radical (unpaired) electrons. The summed E-state index contributed by atoms with van der Waals surface area (Å²) in [6.45, 7) is 2.09. The number of carbonyl (C=O) groups excluding carboxylic acids is 1. The normalized spacial score (nSPS) is 31.0. The largest absolute Gasteiger partial charge is 0.370 e. The molecule has 0 heterocycles. The van der Waals surface area contributed by atoms with Crippen LogP contribution in [0, 0.1) is 11.8 Å². The highest BCUT2D eigenvalue weighted by Crippen LogP contribution is 2.38. The Hall–Kier alpha value is -0.570. The predicted molar refractivity (Wildman–Crippen MR) is 78.7 cm³/mol. The van der Waals surface area contributed by atoms with Gasteiger partial charge in [0, 0.05) is 18.5 Å². The van der Waals surface area contributed by atoms with Crippen molar-refractivity contribution in [2.75, 3.05) is 0 Å². The molecule has 19 heavy (non-hydrogen) atoms. The minimum Gasteiger partial charge on any atom is -0.370 e. The molecule has 3 heteroatoms. The van der Waals surface area contributed by atoms with Gasteiger partial charge in [0.2, 0.25) is 5.91 Å². The van der Waals surface area contributed by atoms with Crippen LogP contribution in [0.25, 0.3) is 0 Å². The van der Waals surface area contributed by atoms with Gasteiger partial charge in [0.05, 0.1) is 0 Å². The third kappa shape index (κ3) is 4.48. The molecule has 0 spiro atoms. The van der Waals surface area contributed by atoms with E-state index >= 15 is 0 Å². The Bertz CT molecular complexity index is 286. The Labute approximate surface area is 117 Å². The number of primary amides is 1. The van der Waals surface area contributed by atoms with E-state index in [0.29, 0.717) is 12.5 Å². The molecule has 3 unspecified atom stereocenters. The minimum atomic E-state index is -0.190. The van der Waals surface area contributed by atoms with Crippen LogP contribution in [0.1, 0.15) is 71.1 Å². The Morgan fingerprint density at radius 2 is 1.74 bits per heavy atom. The van der Waals surface area contributed by atoms with Crippen molar-refractivity contribution in [3.05, 3.63) is 0 Å². The first-order valence-corrected chi connectivity index (χ1v) is 8.21. The molecule has 2 saturated carbocycles. The second kappa shape index (κ2) is 7.28. The molecule has 1 amide bonds. The molecule has 3 atom stereocenters. The maximum Gasteiger partial charge on any atom is 0.218 e. The average molecular weight is 266 g/mol. The van der Waals surface area contributed by atoms with Crippen molar-refractivity contribution >= 4 is 5.91 Å². The fraction of sp³-hybridized carbons (Fsp3) is 0.938. The van der Waals surface area contributed by atoms with E-state index in [2.05, 4.69) is 12.2 Å². The maximum absolute atomic E-state index is 11.0. The van der Waals surface area contributed by atoms with Gasteiger partial charge in [-0.1, -0.05) is 44.9 Å². The number of hydrogen-bond donors (Lipinski definition) is 2. The Morgan fingerprint density at radius 1 is 1.11 bits per heavy atom. The topological polar surface area (TPSA) is 55.1 Å². The van der Waals surface area contributed by atoms with Crippen LogP contribution in [0.2, 0.25) is 0 Å². The van der Waals surface area contributed by atoms with Gasteiger partial charge in [-0.2, -0.15) is 0 Å². The minimum absolute atomic E-state index is 0.190. The van der Waals surface area contributed by atoms with Gasteiger partial charge in [-0.05, 0) is 31.6 Å². The number of hydrogen-bond acceptors (Lipinski definition) is 2. The van der Waals surface area contributed by atoms with Gasteiger partial charge in [-0.3, -0.25) is 4.79 Å². The first-order valence-electron chi connectivity index (χ1n) is 8.21. The fourth-order valence-electron chi connectivity index (χ4n) is 4.22. The van der Waals surface area contributed by atoms with Crippen molar-refractivity contribution in [3.8, 4) is 0 Å². The summed E-state index contributed by atoms with van der Waals surface area (Å²) in [4.78, 5) is 11.0. The molecule has 0 aromatic carbocycles. The quantitative estimate of drug-likeness (QED) is 0.803. The summed E-state index contributed by atoms with van der Waals surface area (Å²) >= 11 is 0. The molecule has 0 aromatic heterocycles. The van der Waals surface area contributed by atoms with Crippen LogP contribution < -0.4 is 11.1 Å². The van der Waals surface area contributed by atoms with Gasteiger partial charge in [0.25, 0.3) is 0 Å². The molecule has 110 valence electrons. The summed E-state index contributed by atoms with van der Waals surface area (Å²) < 4.78 is 0. The second-order valence-electron chi connectivity index (χ2n) is 6.69. The molecule has 0 aromatic rings. The zero-order chi connectivity index (χ0) is 13.7. The number of carbonyl (C=O) groups is 1. The van der Waals surface area contributed by atoms with Crippen LogP contribution in [-0.4, -0.2) is 18.0 Å². The van der Waals surface area contributed by atoms with Gasteiger partial charge in [-0.25, -0.2) is 0 Å². The van der Waals surface area contributed by atoms with E-state index in [1.165, 1.54) is 57.8 Å². The van der Waals surface area contributed by atoms with Crippen molar-refractivity contribution in [3.63, 3.8) is 0 Å². The third-order valence-electron chi connectivity index (χ3n) is 5.08. The fourth-order valence-corrected chi connectivity index (χ4v) is 4.22. The van der Waals surface area contributed by atoms with E-state index in [9.17, 15) is 4.79 Å². The SMILES string of the molecule is CC(CC(N)=O)NC1CCCCC1C1CCCCC1. The number of amides is 1. The molecule has 2 fully saturated rings. The highest BCUT2D eigenvalue weighted by molar-refractivity contribution is 5.74. The highest BCUT2D eigenvalue weighted by Gasteiger charge is 2.32. The van der Waals surface area contributed by atoms with E-state index in [-0.39, 0.29) is 11.9 Å². The predicted octanol–water partition coefficient (Wildman–Crippen LogP) is 2.98. The van der Waals surface area contributed by atoms with Crippen LogP contribution in [0.15, 0.2) is 0 Å². The number of rotatable bonds is 5.